The number of methoxy groups -OCH3 is 1. The third-order valence-corrected chi connectivity index (χ3v) is 10.2. The van der Waals surface area contributed by atoms with E-state index in [1.54, 1.807) is 43.5 Å². The van der Waals surface area contributed by atoms with E-state index in [1.807, 2.05) is 52.1 Å². The van der Waals surface area contributed by atoms with Crippen LogP contribution in [-0.2, 0) is 10.8 Å². The van der Waals surface area contributed by atoms with Crippen molar-refractivity contribution < 1.29 is 22.3 Å². The zero-order valence-electron chi connectivity index (χ0n) is 19.6. The number of hydrogen-bond donors (Lipinski definition) is 0. The number of halogens is 3. The summed E-state index contributed by atoms with van der Waals surface area (Å²) in [6.45, 7) is 9.40. The number of alkyl halides is 3. The molecule has 0 aliphatic rings. The molecular weight excluding hydrogens is 429 g/mol. The number of ether oxygens (including phenoxy) is 1. The van der Waals surface area contributed by atoms with Gasteiger partial charge in [0.15, 0.2) is 8.32 Å². The molecule has 0 N–H and O–H groups in total. The van der Waals surface area contributed by atoms with Gasteiger partial charge in [0, 0.05) is 17.6 Å². The lowest BCUT2D eigenvalue weighted by molar-refractivity contribution is -0.0977. The van der Waals surface area contributed by atoms with Crippen molar-refractivity contribution in [2.24, 2.45) is 0 Å². The van der Waals surface area contributed by atoms with Gasteiger partial charge in [0.1, 0.15) is 5.75 Å². The van der Waals surface area contributed by atoms with Crippen molar-refractivity contribution in [1.29, 1.82) is 0 Å². The van der Waals surface area contributed by atoms with Gasteiger partial charge < -0.3 is 9.16 Å². The minimum absolute atomic E-state index is 0.0261. The minimum Gasteiger partial charge on any atom is -0.497 e. The van der Waals surface area contributed by atoms with Gasteiger partial charge in [-0.15, -0.1) is 0 Å². The Balaban J connectivity index is 2.51. The fourth-order valence-corrected chi connectivity index (χ4v) is 3.60. The first-order valence-electron chi connectivity index (χ1n) is 10.5. The summed E-state index contributed by atoms with van der Waals surface area (Å²) < 4.78 is 53.6. The number of benzene rings is 2. The summed E-state index contributed by atoms with van der Waals surface area (Å²) in [7, 11) is -0.823. The number of allylic oxidation sites excluding steroid dienone is 1. The van der Waals surface area contributed by atoms with Crippen LogP contribution in [0.5, 0.6) is 5.75 Å². The largest absolute Gasteiger partial charge is 0.497 e. The van der Waals surface area contributed by atoms with E-state index in [1.165, 1.54) is 0 Å². The molecule has 0 bridgehead atoms. The van der Waals surface area contributed by atoms with Crippen LogP contribution in [0.1, 0.15) is 31.9 Å². The Morgan fingerprint density at radius 1 is 0.938 bits per heavy atom. The van der Waals surface area contributed by atoms with Crippen LogP contribution in [0.2, 0.25) is 18.1 Å². The standard InChI is InChI=1S/C26H31F3O2Si/c1-25(2,3)32(5,6)31-19-24(26(27,28)29)22(18-21-10-8-7-9-11-21)15-12-20-13-16-23(30-4)17-14-20/h7-11,13-14,16-17H,18-19H2,1-6H3/b24-22-. The molecule has 0 saturated heterocycles. The summed E-state index contributed by atoms with van der Waals surface area (Å²) in [5.41, 5.74) is 0.689. The van der Waals surface area contributed by atoms with Gasteiger partial charge in [0.05, 0.1) is 19.3 Å². The van der Waals surface area contributed by atoms with Gasteiger partial charge in [0.25, 0.3) is 0 Å². The minimum atomic E-state index is -4.54. The highest BCUT2D eigenvalue weighted by Gasteiger charge is 2.41. The quantitative estimate of drug-likeness (QED) is 0.336. The molecule has 0 aliphatic carbocycles. The molecule has 2 nitrogen and oxygen atoms in total. The van der Waals surface area contributed by atoms with E-state index in [0.29, 0.717) is 11.3 Å². The fraction of sp³-hybridized carbons (Fsp3) is 0.385. The maximum atomic E-state index is 14.2. The number of rotatable bonds is 6. The zero-order valence-corrected chi connectivity index (χ0v) is 20.6. The molecule has 0 aromatic heterocycles. The third-order valence-electron chi connectivity index (χ3n) is 5.76. The van der Waals surface area contributed by atoms with Gasteiger partial charge in [-0.1, -0.05) is 62.9 Å². The summed E-state index contributed by atoms with van der Waals surface area (Å²) in [4.78, 5) is 0. The van der Waals surface area contributed by atoms with Crippen LogP contribution >= 0.6 is 0 Å². The van der Waals surface area contributed by atoms with Crippen LogP contribution < -0.4 is 4.74 Å². The second-order valence-electron chi connectivity index (χ2n) is 9.14. The summed E-state index contributed by atoms with van der Waals surface area (Å²) in [5, 5.41) is -0.196. The summed E-state index contributed by atoms with van der Waals surface area (Å²) in [6.07, 6.45) is -4.46. The highest BCUT2D eigenvalue weighted by molar-refractivity contribution is 6.74. The molecule has 0 fully saturated rings. The lowest BCUT2D eigenvalue weighted by Crippen LogP contribution is -2.42. The molecule has 0 radical (unpaired) electrons. The van der Waals surface area contributed by atoms with Crippen molar-refractivity contribution >= 4 is 8.32 Å². The van der Waals surface area contributed by atoms with Gasteiger partial charge in [-0.25, -0.2) is 0 Å². The predicted octanol–water partition coefficient (Wildman–Crippen LogP) is 7.17. The van der Waals surface area contributed by atoms with E-state index in [0.717, 1.165) is 5.56 Å². The smallest absolute Gasteiger partial charge is 0.415 e. The van der Waals surface area contributed by atoms with Crippen molar-refractivity contribution in [2.75, 3.05) is 13.7 Å². The molecule has 0 heterocycles. The molecule has 172 valence electrons. The molecule has 0 atom stereocenters. The highest BCUT2D eigenvalue weighted by Crippen LogP contribution is 2.38. The first-order valence-corrected chi connectivity index (χ1v) is 13.4. The van der Waals surface area contributed by atoms with Crippen LogP contribution in [0.25, 0.3) is 0 Å². The second kappa shape index (κ2) is 10.4. The lowest BCUT2D eigenvalue weighted by atomic mass is 9.99. The average Bonchev–Trinajstić information content (AvgIpc) is 2.71. The fourth-order valence-electron chi connectivity index (χ4n) is 2.66. The van der Waals surface area contributed by atoms with Crippen molar-refractivity contribution in [2.45, 2.75) is 51.5 Å². The molecule has 2 rings (SSSR count). The van der Waals surface area contributed by atoms with E-state index in [2.05, 4.69) is 11.8 Å². The predicted molar refractivity (Wildman–Crippen MR) is 126 cm³/mol. The maximum absolute atomic E-state index is 14.2. The second-order valence-corrected chi connectivity index (χ2v) is 14.0. The monoisotopic (exact) mass is 460 g/mol. The molecule has 0 amide bonds. The Hall–Kier alpha value is -2.49. The van der Waals surface area contributed by atoms with Crippen molar-refractivity contribution in [1.82, 2.24) is 0 Å². The van der Waals surface area contributed by atoms with Gasteiger partial charge in [-0.3, -0.25) is 0 Å². The summed E-state index contributed by atoms with van der Waals surface area (Å²) in [6, 6.07) is 16.0. The molecule has 0 aliphatic heterocycles. The Kier molecular flexibility index (Phi) is 8.39. The Morgan fingerprint density at radius 2 is 1.53 bits per heavy atom. The molecular formula is C26H31F3O2Si. The van der Waals surface area contributed by atoms with E-state index < -0.39 is 26.7 Å². The lowest BCUT2D eigenvalue weighted by Gasteiger charge is -2.36. The van der Waals surface area contributed by atoms with Gasteiger partial charge >= 0.3 is 6.18 Å². The normalized spacial score (nSPS) is 13.2. The van der Waals surface area contributed by atoms with Crippen molar-refractivity contribution in [3.05, 3.63) is 76.9 Å². The van der Waals surface area contributed by atoms with Crippen LogP contribution in [0, 0.1) is 11.8 Å². The van der Waals surface area contributed by atoms with Crippen molar-refractivity contribution in [3.8, 4) is 17.6 Å². The molecule has 2 aromatic carbocycles. The topological polar surface area (TPSA) is 18.5 Å². The van der Waals surface area contributed by atoms with Crippen LogP contribution in [0.15, 0.2) is 65.7 Å². The van der Waals surface area contributed by atoms with Crippen LogP contribution in [0.4, 0.5) is 13.2 Å². The molecule has 6 heteroatoms. The van der Waals surface area contributed by atoms with Gasteiger partial charge in [0.2, 0.25) is 0 Å². The summed E-state index contributed by atoms with van der Waals surface area (Å²) in [5.74, 6) is 6.36. The van der Waals surface area contributed by atoms with Crippen molar-refractivity contribution in [3.63, 3.8) is 0 Å². The maximum Gasteiger partial charge on any atom is 0.415 e. The average molecular weight is 461 g/mol. The van der Waals surface area contributed by atoms with Crippen LogP contribution in [0.3, 0.4) is 0 Å². The van der Waals surface area contributed by atoms with E-state index in [9.17, 15) is 13.2 Å². The van der Waals surface area contributed by atoms with Crippen LogP contribution in [-0.4, -0.2) is 28.2 Å². The first-order chi connectivity index (χ1) is 14.8. The Morgan fingerprint density at radius 3 is 2.03 bits per heavy atom. The Labute approximate surface area is 190 Å². The van der Waals surface area contributed by atoms with E-state index in [4.69, 9.17) is 9.16 Å². The SMILES string of the molecule is COc1ccc(C#C/C(Cc2ccccc2)=C(\CO[Si](C)(C)C(C)(C)C)C(F)(F)F)cc1. The first kappa shape index (κ1) is 25.8. The Bertz CT molecular complexity index is 974. The number of hydrogen-bond acceptors (Lipinski definition) is 2. The molecule has 0 unspecified atom stereocenters. The summed E-state index contributed by atoms with van der Waals surface area (Å²) >= 11 is 0. The molecule has 32 heavy (non-hydrogen) atoms. The van der Waals surface area contributed by atoms with Gasteiger partial charge in [-0.05, 0) is 48.0 Å². The zero-order chi connectivity index (χ0) is 24.0. The van der Waals surface area contributed by atoms with Gasteiger partial charge in [-0.2, -0.15) is 13.2 Å². The molecule has 0 saturated carbocycles. The molecule has 0 spiro atoms. The third kappa shape index (κ3) is 7.28. The highest BCUT2D eigenvalue weighted by atomic mass is 28.4. The molecule has 2 aromatic rings. The van der Waals surface area contributed by atoms with E-state index >= 15 is 0 Å². The van der Waals surface area contributed by atoms with E-state index in [-0.39, 0.29) is 17.0 Å².